The van der Waals surface area contributed by atoms with Gasteiger partial charge in [-0.3, -0.25) is 0 Å². The summed E-state index contributed by atoms with van der Waals surface area (Å²) >= 11 is 0. The van der Waals surface area contributed by atoms with Crippen LogP contribution in [0.4, 0.5) is 27.5 Å². The normalized spacial score (nSPS) is 16.4. The van der Waals surface area contributed by atoms with Gasteiger partial charge < -0.3 is 14.7 Å². The van der Waals surface area contributed by atoms with Crippen LogP contribution in [-0.4, -0.2) is 42.7 Å². The number of nitrogens with zero attached hydrogens (tertiary/aromatic N) is 5. The number of aromatic nitrogens is 2. The van der Waals surface area contributed by atoms with Crippen molar-refractivity contribution in [2.75, 3.05) is 47.4 Å². The highest BCUT2D eigenvalue weighted by atomic mass is 19.1. The van der Waals surface area contributed by atoms with Gasteiger partial charge in [-0.25, -0.2) is 9.37 Å². The first-order chi connectivity index (χ1) is 13.8. The summed E-state index contributed by atoms with van der Waals surface area (Å²) in [4.78, 5) is 15.9. The second kappa shape index (κ2) is 7.11. The fourth-order valence-corrected chi connectivity index (χ4v) is 4.08. The molecule has 28 heavy (non-hydrogen) atoms. The number of fused-ring (bicyclic) bond motifs is 1. The summed E-state index contributed by atoms with van der Waals surface area (Å²) in [6.07, 6.45) is 2.85. The minimum atomic E-state index is -0.159. The molecule has 0 bridgehead atoms. The van der Waals surface area contributed by atoms with E-state index in [2.05, 4.69) is 43.9 Å². The fraction of sp³-hybridized carbons (Fsp3) is 0.273. The quantitative estimate of drug-likeness (QED) is 0.699. The van der Waals surface area contributed by atoms with Gasteiger partial charge in [0, 0.05) is 44.6 Å². The molecule has 1 saturated heterocycles. The third-order valence-corrected chi connectivity index (χ3v) is 5.55. The zero-order chi connectivity index (χ0) is 18.9. The first-order valence-corrected chi connectivity index (χ1v) is 9.72. The van der Waals surface area contributed by atoms with Gasteiger partial charge >= 0.3 is 0 Å². The van der Waals surface area contributed by atoms with Gasteiger partial charge in [-0.15, -0.1) is 0 Å². The molecule has 0 atom stereocenters. The Labute approximate surface area is 164 Å². The predicted molar refractivity (Wildman–Crippen MR) is 110 cm³/mol. The molecular formula is C22H22FN5. The maximum atomic E-state index is 14.1. The van der Waals surface area contributed by atoms with Gasteiger partial charge in [0.05, 0.1) is 5.69 Å². The number of halogens is 1. The Hall–Kier alpha value is -3.15. The van der Waals surface area contributed by atoms with E-state index in [9.17, 15) is 4.39 Å². The van der Waals surface area contributed by atoms with E-state index in [0.717, 1.165) is 50.9 Å². The van der Waals surface area contributed by atoms with Gasteiger partial charge in [-0.05, 0) is 36.2 Å². The zero-order valence-electron chi connectivity index (χ0n) is 15.6. The standard InChI is InChI=1S/C22H22FN5/c23-18-6-2-4-8-20(18)26-13-15-27(16-14-26)21-9-11-24-22(25-21)28-12-10-17-5-1-3-7-19(17)28/h1-9,11H,10,12-16H2. The average molecular weight is 375 g/mol. The van der Waals surface area contributed by atoms with Crippen molar-refractivity contribution in [1.82, 2.24) is 9.97 Å². The Kier molecular flexibility index (Phi) is 4.31. The summed E-state index contributed by atoms with van der Waals surface area (Å²) in [6, 6.07) is 17.4. The Morgan fingerprint density at radius 3 is 2.29 bits per heavy atom. The molecule has 5 nitrogen and oxygen atoms in total. The summed E-state index contributed by atoms with van der Waals surface area (Å²) in [5, 5.41) is 0. The minimum absolute atomic E-state index is 0.159. The van der Waals surface area contributed by atoms with Gasteiger partial charge in [-0.2, -0.15) is 4.98 Å². The summed E-state index contributed by atoms with van der Waals surface area (Å²) in [6.45, 7) is 4.06. The Morgan fingerprint density at radius 1 is 0.750 bits per heavy atom. The van der Waals surface area contributed by atoms with Gasteiger partial charge in [0.2, 0.25) is 5.95 Å². The van der Waals surface area contributed by atoms with Crippen LogP contribution in [0.25, 0.3) is 0 Å². The highest BCUT2D eigenvalue weighted by Crippen LogP contribution is 2.33. The molecule has 5 rings (SSSR count). The third-order valence-electron chi connectivity index (χ3n) is 5.55. The smallest absolute Gasteiger partial charge is 0.231 e. The molecule has 0 spiro atoms. The van der Waals surface area contributed by atoms with Crippen molar-refractivity contribution in [2.45, 2.75) is 6.42 Å². The molecule has 1 aromatic heterocycles. The molecule has 0 amide bonds. The van der Waals surface area contributed by atoms with E-state index in [-0.39, 0.29) is 5.82 Å². The molecule has 1 fully saturated rings. The maximum absolute atomic E-state index is 14.1. The number of hydrogen-bond acceptors (Lipinski definition) is 5. The second-order valence-electron chi connectivity index (χ2n) is 7.17. The molecule has 6 heteroatoms. The molecule has 0 aliphatic carbocycles. The van der Waals surface area contributed by atoms with Crippen LogP contribution < -0.4 is 14.7 Å². The molecule has 3 aromatic rings. The van der Waals surface area contributed by atoms with Gasteiger partial charge in [-0.1, -0.05) is 30.3 Å². The fourth-order valence-electron chi connectivity index (χ4n) is 4.08. The average Bonchev–Trinajstić information content (AvgIpc) is 3.19. The van der Waals surface area contributed by atoms with Crippen LogP contribution in [0.5, 0.6) is 0 Å². The van der Waals surface area contributed by atoms with Crippen LogP contribution in [0.15, 0.2) is 60.8 Å². The molecule has 0 unspecified atom stereocenters. The Balaban J connectivity index is 1.32. The Bertz CT molecular complexity index is 984. The molecule has 142 valence electrons. The van der Waals surface area contributed by atoms with Crippen LogP contribution in [0.3, 0.4) is 0 Å². The summed E-state index contributed by atoms with van der Waals surface area (Å²) in [5.74, 6) is 1.52. The highest BCUT2D eigenvalue weighted by molar-refractivity contribution is 5.66. The van der Waals surface area contributed by atoms with E-state index < -0.39 is 0 Å². The van der Waals surface area contributed by atoms with Crippen molar-refractivity contribution < 1.29 is 4.39 Å². The maximum Gasteiger partial charge on any atom is 0.231 e. The first-order valence-electron chi connectivity index (χ1n) is 9.72. The SMILES string of the molecule is Fc1ccccc1N1CCN(c2ccnc(N3CCc4ccccc43)n2)CC1. The van der Waals surface area contributed by atoms with Crippen LogP contribution in [0.2, 0.25) is 0 Å². The summed E-state index contributed by atoms with van der Waals surface area (Å²) < 4.78 is 14.1. The molecule has 2 aliphatic heterocycles. The summed E-state index contributed by atoms with van der Waals surface area (Å²) in [5.41, 5.74) is 3.22. The lowest BCUT2D eigenvalue weighted by molar-refractivity contribution is 0.596. The van der Waals surface area contributed by atoms with Crippen LogP contribution in [0, 0.1) is 5.82 Å². The van der Waals surface area contributed by atoms with Gasteiger partial charge in [0.1, 0.15) is 11.6 Å². The second-order valence-corrected chi connectivity index (χ2v) is 7.17. The van der Waals surface area contributed by atoms with Crippen molar-refractivity contribution in [1.29, 1.82) is 0 Å². The van der Waals surface area contributed by atoms with E-state index in [4.69, 9.17) is 4.98 Å². The number of rotatable bonds is 3. The lowest BCUT2D eigenvalue weighted by atomic mass is 10.2. The lowest BCUT2D eigenvalue weighted by Crippen LogP contribution is -2.47. The van der Waals surface area contributed by atoms with Crippen molar-refractivity contribution in [2.24, 2.45) is 0 Å². The zero-order valence-corrected chi connectivity index (χ0v) is 15.6. The van der Waals surface area contributed by atoms with Gasteiger partial charge in [0.15, 0.2) is 0 Å². The molecule has 0 N–H and O–H groups in total. The van der Waals surface area contributed by atoms with Gasteiger partial charge in [0.25, 0.3) is 0 Å². The molecule has 0 radical (unpaired) electrons. The van der Waals surface area contributed by atoms with Crippen molar-refractivity contribution in [3.8, 4) is 0 Å². The van der Waals surface area contributed by atoms with Crippen molar-refractivity contribution in [3.05, 3.63) is 72.2 Å². The predicted octanol–water partition coefficient (Wildman–Crippen LogP) is 3.64. The number of benzene rings is 2. The van der Waals surface area contributed by atoms with E-state index in [1.165, 1.54) is 17.3 Å². The topological polar surface area (TPSA) is 35.5 Å². The van der Waals surface area contributed by atoms with Crippen LogP contribution in [0.1, 0.15) is 5.56 Å². The minimum Gasteiger partial charge on any atom is -0.366 e. The molecule has 2 aromatic carbocycles. The van der Waals surface area contributed by atoms with E-state index in [1.54, 1.807) is 6.07 Å². The monoisotopic (exact) mass is 375 g/mol. The van der Waals surface area contributed by atoms with E-state index in [1.807, 2.05) is 24.4 Å². The van der Waals surface area contributed by atoms with E-state index >= 15 is 0 Å². The molecule has 2 aliphatic rings. The van der Waals surface area contributed by atoms with E-state index in [0.29, 0.717) is 5.69 Å². The third kappa shape index (κ3) is 3.05. The largest absolute Gasteiger partial charge is 0.366 e. The first kappa shape index (κ1) is 17.0. The number of anilines is 4. The Morgan fingerprint density at radius 2 is 1.46 bits per heavy atom. The van der Waals surface area contributed by atoms with Crippen LogP contribution >= 0.6 is 0 Å². The number of hydrogen-bond donors (Lipinski definition) is 0. The van der Waals surface area contributed by atoms with Crippen LogP contribution in [-0.2, 0) is 6.42 Å². The summed E-state index contributed by atoms with van der Waals surface area (Å²) in [7, 11) is 0. The number of piperazine rings is 1. The molecular weight excluding hydrogens is 353 g/mol. The van der Waals surface area contributed by atoms with Crippen molar-refractivity contribution in [3.63, 3.8) is 0 Å². The van der Waals surface area contributed by atoms with Crippen molar-refractivity contribution >= 4 is 23.1 Å². The molecule has 0 saturated carbocycles. The lowest BCUT2D eigenvalue weighted by Gasteiger charge is -2.37. The number of para-hydroxylation sites is 2. The highest BCUT2D eigenvalue weighted by Gasteiger charge is 2.24. The molecule has 3 heterocycles.